The summed E-state index contributed by atoms with van der Waals surface area (Å²) in [6.45, 7) is 4.51. The Morgan fingerprint density at radius 1 is 1.10 bits per heavy atom. The van der Waals surface area contributed by atoms with Crippen molar-refractivity contribution in [3.63, 3.8) is 0 Å². The summed E-state index contributed by atoms with van der Waals surface area (Å²) >= 11 is 6.50. The van der Waals surface area contributed by atoms with Gasteiger partial charge in [-0.05, 0) is 38.8 Å². The summed E-state index contributed by atoms with van der Waals surface area (Å²) < 4.78 is 11.8. The SMILES string of the molecule is Cc1cc2c(C3(CN)CC3)c3oc(C)cc3c(Cl)c2o1. The molecule has 2 aromatic heterocycles. The summed E-state index contributed by atoms with van der Waals surface area (Å²) in [7, 11) is 0. The van der Waals surface area contributed by atoms with Gasteiger partial charge < -0.3 is 14.6 Å². The van der Waals surface area contributed by atoms with Crippen LogP contribution in [0.3, 0.4) is 0 Å². The van der Waals surface area contributed by atoms with Crippen molar-refractivity contribution in [1.82, 2.24) is 0 Å². The lowest BCUT2D eigenvalue weighted by Gasteiger charge is -2.15. The van der Waals surface area contributed by atoms with Crippen molar-refractivity contribution in [2.24, 2.45) is 5.73 Å². The first-order chi connectivity index (χ1) is 9.55. The molecule has 2 heterocycles. The molecule has 0 bridgehead atoms. The zero-order chi connectivity index (χ0) is 14.1. The third-order valence-corrected chi connectivity index (χ3v) is 4.79. The standard InChI is InChI=1S/C16H16ClNO2/c1-8-5-10-12(16(7-18)3-4-16)14-11(6-9(2)19-14)13(17)15(10)20-8/h5-6H,3-4,7,18H2,1-2H3. The number of halogens is 1. The van der Waals surface area contributed by atoms with E-state index < -0.39 is 0 Å². The van der Waals surface area contributed by atoms with Crippen molar-refractivity contribution >= 4 is 33.5 Å². The molecule has 1 fully saturated rings. The minimum Gasteiger partial charge on any atom is -0.461 e. The van der Waals surface area contributed by atoms with Crippen molar-refractivity contribution in [3.05, 3.63) is 34.2 Å². The Hall–Kier alpha value is -1.45. The van der Waals surface area contributed by atoms with Gasteiger partial charge in [-0.1, -0.05) is 11.6 Å². The smallest absolute Gasteiger partial charge is 0.154 e. The van der Waals surface area contributed by atoms with Crippen LogP contribution in [-0.2, 0) is 5.41 Å². The Bertz CT molecular complexity index is 782. The van der Waals surface area contributed by atoms with Crippen LogP contribution < -0.4 is 5.73 Å². The minimum absolute atomic E-state index is 0.0295. The molecule has 0 unspecified atom stereocenters. The molecule has 4 rings (SSSR count). The second-order valence-electron chi connectivity index (χ2n) is 5.87. The van der Waals surface area contributed by atoms with Crippen molar-refractivity contribution in [3.8, 4) is 0 Å². The highest BCUT2D eigenvalue weighted by molar-refractivity contribution is 6.40. The van der Waals surface area contributed by atoms with E-state index in [9.17, 15) is 0 Å². The third-order valence-electron chi connectivity index (χ3n) is 4.42. The fourth-order valence-corrected chi connectivity index (χ4v) is 3.48. The summed E-state index contributed by atoms with van der Waals surface area (Å²) in [6, 6.07) is 4.02. The maximum Gasteiger partial charge on any atom is 0.154 e. The highest BCUT2D eigenvalue weighted by Crippen LogP contribution is 2.54. The van der Waals surface area contributed by atoms with E-state index >= 15 is 0 Å². The number of hydrogen-bond donors (Lipinski definition) is 1. The Labute approximate surface area is 121 Å². The molecule has 4 heteroatoms. The van der Waals surface area contributed by atoms with Crippen LogP contribution >= 0.6 is 11.6 Å². The van der Waals surface area contributed by atoms with Crippen molar-refractivity contribution in [1.29, 1.82) is 0 Å². The van der Waals surface area contributed by atoms with Gasteiger partial charge in [0.2, 0.25) is 0 Å². The molecule has 1 aliphatic rings. The van der Waals surface area contributed by atoms with Crippen LogP contribution in [0.1, 0.15) is 29.9 Å². The van der Waals surface area contributed by atoms with E-state index in [2.05, 4.69) is 0 Å². The average molecular weight is 290 g/mol. The molecule has 104 valence electrons. The first-order valence-electron chi connectivity index (χ1n) is 6.88. The second kappa shape index (κ2) is 3.80. The summed E-state index contributed by atoms with van der Waals surface area (Å²) in [5.41, 5.74) is 8.87. The van der Waals surface area contributed by atoms with Crippen LogP contribution in [0.5, 0.6) is 0 Å². The van der Waals surface area contributed by atoms with E-state index in [0.29, 0.717) is 11.6 Å². The largest absolute Gasteiger partial charge is 0.461 e. The lowest BCUT2D eigenvalue weighted by Crippen LogP contribution is -2.20. The summed E-state index contributed by atoms with van der Waals surface area (Å²) in [5.74, 6) is 1.72. The number of fused-ring (bicyclic) bond motifs is 2. The molecule has 2 N–H and O–H groups in total. The van der Waals surface area contributed by atoms with Crippen LogP contribution in [0.15, 0.2) is 21.0 Å². The zero-order valence-corrected chi connectivity index (χ0v) is 12.3. The molecule has 0 atom stereocenters. The van der Waals surface area contributed by atoms with Gasteiger partial charge in [-0.25, -0.2) is 0 Å². The molecule has 1 aromatic carbocycles. The first kappa shape index (κ1) is 12.3. The Balaban J connectivity index is 2.23. The molecule has 0 aliphatic heterocycles. The van der Waals surface area contributed by atoms with Crippen LogP contribution in [-0.4, -0.2) is 6.54 Å². The molecule has 0 radical (unpaired) electrons. The third kappa shape index (κ3) is 1.45. The van der Waals surface area contributed by atoms with Crippen molar-refractivity contribution in [2.75, 3.05) is 6.54 Å². The van der Waals surface area contributed by atoms with E-state index in [0.717, 1.165) is 46.3 Å². The number of aryl methyl sites for hydroxylation is 2. The molecule has 1 aliphatic carbocycles. The van der Waals surface area contributed by atoms with Crippen molar-refractivity contribution in [2.45, 2.75) is 32.1 Å². The molecule has 0 spiro atoms. The summed E-state index contributed by atoms with van der Waals surface area (Å²) in [5, 5.41) is 2.62. The molecule has 1 saturated carbocycles. The maximum atomic E-state index is 6.50. The van der Waals surface area contributed by atoms with Gasteiger partial charge in [0, 0.05) is 28.3 Å². The van der Waals surface area contributed by atoms with Crippen LogP contribution in [0, 0.1) is 13.8 Å². The Kier molecular flexibility index (Phi) is 2.34. The van der Waals surface area contributed by atoms with Gasteiger partial charge in [-0.3, -0.25) is 0 Å². The Morgan fingerprint density at radius 2 is 1.70 bits per heavy atom. The van der Waals surface area contributed by atoms with Gasteiger partial charge in [0.05, 0.1) is 5.02 Å². The summed E-state index contributed by atoms with van der Waals surface area (Å²) in [6.07, 6.45) is 2.19. The van der Waals surface area contributed by atoms with Gasteiger partial charge in [-0.15, -0.1) is 0 Å². The maximum absolute atomic E-state index is 6.50. The van der Waals surface area contributed by atoms with Crippen LogP contribution in [0.4, 0.5) is 0 Å². The fraction of sp³-hybridized carbons (Fsp3) is 0.375. The predicted octanol–water partition coefficient (Wildman–Crippen LogP) is 4.44. The normalized spacial score (nSPS) is 17.2. The number of benzene rings is 1. The molecular formula is C16H16ClNO2. The number of furan rings is 2. The van der Waals surface area contributed by atoms with Crippen LogP contribution in [0.2, 0.25) is 5.02 Å². The van der Waals surface area contributed by atoms with E-state index in [1.54, 1.807) is 0 Å². The highest BCUT2D eigenvalue weighted by Gasteiger charge is 2.46. The molecule has 20 heavy (non-hydrogen) atoms. The van der Waals surface area contributed by atoms with E-state index in [4.69, 9.17) is 26.2 Å². The van der Waals surface area contributed by atoms with Crippen molar-refractivity contribution < 1.29 is 8.83 Å². The number of nitrogens with two attached hydrogens (primary N) is 1. The minimum atomic E-state index is 0.0295. The van der Waals surface area contributed by atoms with Crippen LogP contribution in [0.25, 0.3) is 21.9 Å². The fourth-order valence-electron chi connectivity index (χ4n) is 3.20. The van der Waals surface area contributed by atoms with Gasteiger partial charge >= 0.3 is 0 Å². The van der Waals surface area contributed by atoms with E-state index in [1.807, 2.05) is 26.0 Å². The van der Waals surface area contributed by atoms with Gasteiger partial charge in [0.1, 0.15) is 17.1 Å². The zero-order valence-electron chi connectivity index (χ0n) is 11.5. The first-order valence-corrected chi connectivity index (χ1v) is 7.26. The monoisotopic (exact) mass is 289 g/mol. The second-order valence-corrected chi connectivity index (χ2v) is 6.25. The van der Waals surface area contributed by atoms with E-state index in [-0.39, 0.29) is 5.41 Å². The molecule has 0 amide bonds. The molecular weight excluding hydrogens is 274 g/mol. The lowest BCUT2D eigenvalue weighted by molar-refractivity contribution is 0.565. The topological polar surface area (TPSA) is 52.3 Å². The number of hydrogen-bond acceptors (Lipinski definition) is 3. The average Bonchev–Trinajstić information content (AvgIpc) is 2.95. The van der Waals surface area contributed by atoms with Gasteiger partial charge in [0.25, 0.3) is 0 Å². The highest BCUT2D eigenvalue weighted by atomic mass is 35.5. The Morgan fingerprint density at radius 3 is 2.30 bits per heavy atom. The number of rotatable bonds is 2. The van der Waals surface area contributed by atoms with Gasteiger partial charge in [0.15, 0.2) is 5.58 Å². The van der Waals surface area contributed by atoms with E-state index in [1.165, 1.54) is 5.56 Å². The molecule has 3 nitrogen and oxygen atoms in total. The van der Waals surface area contributed by atoms with Gasteiger partial charge in [-0.2, -0.15) is 0 Å². The molecule has 0 saturated heterocycles. The quantitative estimate of drug-likeness (QED) is 0.759. The lowest BCUT2D eigenvalue weighted by atomic mass is 9.91. The predicted molar refractivity (Wildman–Crippen MR) is 80.4 cm³/mol. The summed E-state index contributed by atoms with van der Waals surface area (Å²) in [4.78, 5) is 0. The molecule has 3 aromatic rings.